The maximum atomic E-state index is 13.8. The zero-order valence-corrected chi connectivity index (χ0v) is 21.3. The zero-order chi connectivity index (χ0) is 25.8. The van der Waals surface area contributed by atoms with Gasteiger partial charge in [-0.25, -0.2) is 4.39 Å². The van der Waals surface area contributed by atoms with Crippen molar-refractivity contribution in [1.82, 2.24) is 4.90 Å². The van der Waals surface area contributed by atoms with Gasteiger partial charge in [0.1, 0.15) is 17.1 Å². The van der Waals surface area contributed by atoms with Crippen LogP contribution in [0.1, 0.15) is 34.7 Å². The van der Waals surface area contributed by atoms with Crippen molar-refractivity contribution in [3.05, 3.63) is 143 Å². The van der Waals surface area contributed by atoms with Crippen LogP contribution in [0.25, 0.3) is 0 Å². The van der Waals surface area contributed by atoms with Crippen LogP contribution >= 0.6 is 0 Å². The fraction of sp³-hybridized carbons (Fsp3) is 0.273. The van der Waals surface area contributed by atoms with Gasteiger partial charge >= 0.3 is 0 Å². The maximum Gasteiger partial charge on any atom is 0.149 e. The lowest BCUT2D eigenvalue weighted by Crippen LogP contribution is -2.58. The third-order valence-electron chi connectivity index (χ3n) is 7.74. The first-order chi connectivity index (χ1) is 18.7. The summed E-state index contributed by atoms with van der Waals surface area (Å²) in [5.41, 5.74) is 3.00. The summed E-state index contributed by atoms with van der Waals surface area (Å²) in [6.45, 7) is 2.51. The molecule has 1 spiro atoms. The second-order valence-corrected chi connectivity index (χ2v) is 10.2. The van der Waals surface area contributed by atoms with Crippen molar-refractivity contribution in [3.63, 3.8) is 0 Å². The summed E-state index contributed by atoms with van der Waals surface area (Å²) in [5.74, 6) is -0.240. The Morgan fingerprint density at radius 2 is 1.39 bits per heavy atom. The Morgan fingerprint density at radius 1 is 0.763 bits per heavy atom. The zero-order valence-electron chi connectivity index (χ0n) is 21.3. The molecular weight excluding hydrogens is 477 g/mol. The Hall–Kier alpha value is -3.35. The Balaban J connectivity index is 1.38. The van der Waals surface area contributed by atoms with Crippen LogP contribution in [0.15, 0.2) is 115 Å². The first-order valence-electron chi connectivity index (χ1n) is 13.2. The molecule has 2 saturated heterocycles. The molecule has 5 heteroatoms. The van der Waals surface area contributed by atoms with E-state index in [1.807, 2.05) is 54.6 Å². The van der Waals surface area contributed by atoms with Crippen molar-refractivity contribution in [1.29, 1.82) is 0 Å². The molecule has 2 heterocycles. The van der Waals surface area contributed by atoms with E-state index < -0.39 is 11.3 Å². The van der Waals surface area contributed by atoms with Gasteiger partial charge < -0.3 is 14.2 Å². The molecule has 2 aliphatic rings. The fourth-order valence-electron chi connectivity index (χ4n) is 5.79. The van der Waals surface area contributed by atoms with Crippen molar-refractivity contribution < 1.29 is 18.6 Å². The molecule has 0 aromatic heterocycles. The smallest absolute Gasteiger partial charge is 0.149 e. The van der Waals surface area contributed by atoms with Gasteiger partial charge in [-0.1, -0.05) is 103 Å². The van der Waals surface area contributed by atoms with E-state index in [-0.39, 0.29) is 11.9 Å². The summed E-state index contributed by atoms with van der Waals surface area (Å²) in [6, 6.07) is 37.7. The van der Waals surface area contributed by atoms with E-state index in [1.165, 1.54) is 17.7 Å². The summed E-state index contributed by atoms with van der Waals surface area (Å²) in [4.78, 5) is 2.39. The molecule has 6 rings (SSSR count). The van der Waals surface area contributed by atoms with Gasteiger partial charge in [0.05, 0.1) is 32.5 Å². The molecule has 1 unspecified atom stereocenters. The standard InChI is InChI=1S/C33H32FNO3/c34-30-18-16-28(17-19-30)31-22-38-33(35(31)20-26-10-4-1-5-11-26)23-32(24-36-25-33,29-14-8-3-9-15-29)37-21-27-12-6-2-7-13-27/h1-19,31H,20-25H2/t31-,32+,33?/m1/s1. The predicted octanol–water partition coefficient (Wildman–Crippen LogP) is 6.63. The molecule has 194 valence electrons. The quantitative estimate of drug-likeness (QED) is 0.280. The number of rotatable bonds is 7. The molecular formula is C33H32FNO3. The molecule has 0 saturated carbocycles. The molecule has 2 fully saturated rings. The SMILES string of the molecule is Fc1ccc([C@H]2COC3(COC[C@](OCc4ccccc4)(c4ccccc4)C3)N2Cc2ccccc2)cc1. The topological polar surface area (TPSA) is 30.9 Å². The van der Waals surface area contributed by atoms with Crippen LogP contribution in [-0.4, -0.2) is 30.4 Å². The van der Waals surface area contributed by atoms with Gasteiger partial charge in [0.2, 0.25) is 0 Å². The highest BCUT2D eigenvalue weighted by molar-refractivity contribution is 5.28. The van der Waals surface area contributed by atoms with E-state index in [0.717, 1.165) is 16.7 Å². The van der Waals surface area contributed by atoms with E-state index in [4.69, 9.17) is 14.2 Å². The lowest BCUT2D eigenvalue weighted by molar-refractivity contribution is -0.248. The summed E-state index contributed by atoms with van der Waals surface area (Å²) < 4.78 is 33.7. The summed E-state index contributed by atoms with van der Waals surface area (Å²) in [5, 5.41) is 0. The van der Waals surface area contributed by atoms with Crippen molar-refractivity contribution in [2.75, 3.05) is 19.8 Å². The molecule has 38 heavy (non-hydrogen) atoms. The van der Waals surface area contributed by atoms with Crippen molar-refractivity contribution >= 4 is 0 Å². The first-order valence-corrected chi connectivity index (χ1v) is 13.2. The Labute approximate surface area is 223 Å². The molecule has 2 aliphatic heterocycles. The van der Waals surface area contributed by atoms with Crippen LogP contribution < -0.4 is 0 Å². The van der Waals surface area contributed by atoms with Crippen molar-refractivity contribution in [2.24, 2.45) is 0 Å². The van der Waals surface area contributed by atoms with E-state index in [0.29, 0.717) is 39.4 Å². The second kappa shape index (κ2) is 10.8. The predicted molar refractivity (Wildman–Crippen MR) is 145 cm³/mol. The highest BCUT2D eigenvalue weighted by atomic mass is 19.1. The van der Waals surface area contributed by atoms with Gasteiger partial charge in [0.15, 0.2) is 0 Å². The number of nitrogens with zero attached hydrogens (tertiary/aromatic N) is 1. The Kier molecular flexibility index (Phi) is 7.09. The Morgan fingerprint density at radius 3 is 2.08 bits per heavy atom. The molecule has 0 N–H and O–H groups in total. The Bertz CT molecular complexity index is 1320. The molecule has 4 nitrogen and oxygen atoms in total. The van der Waals surface area contributed by atoms with Gasteiger partial charge in [-0.05, 0) is 34.4 Å². The van der Waals surface area contributed by atoms with Gasteiger partial charge in [-0.15, -0.1) is 0 Å². The minimum Gasteiger partial charge on any atom is -0.374 e. The van der Waals surface area contributed by atoms with Crippen LogP contribution in [0, 0.1) is 5.82 Å². The average molecular weight is 510 g/mol. The summed E-state index contributed by atoms with van der Waals surface area (Å²) in [6.07, 6.45) is 0.612. The van der Waals surface area contributed by atoms with Gasteiger partial charge in [0.25, 0.3) is 0 Å². The van der Waals surface area contributed by atoms with E-state index >= 15 is 0 Å². The highest BCUT2D eigenvalue weighted by Gasteiger charge is 2.56. The van der Waals surface area contributed by atoms with E-state index in [2.05, 4.69) is 53.4 Å². The highest BCUT2D eigenvalue weighted by Crippen LogP contribution is 2.49. The van der Waals surface area contributed by atoms with E-state index in [1.54, 1.807) is 0 Å². The first kappa shape index (κ1) is 25.0. The van der Waals surface area contributed by atoms with Gasteiger partial charge in [-0.3, -0.25) is 4.90 Å². The molecule has 0 aliphatic carbocycles. The van der Waals surface area contributed by atoms with Crippen LogP contribution in [0.5, 0.6) is 0 Å². The molecule has 0 radical (unpaired) electrons. The lowest BCUT2D eigenvalue weighted by atomic mass is 9.83. The van der Waals surface area contributed by atoms with Crippen LogP contribution in [0.2, 0.25) is 0 Å². The second-order valence-electron chi connectivity index (χ2n) is 10.2. The monoisotopic (exact) mass is 509 g/mol. The van der Waals surface area contributed by atoms with Crippen molar-refractivity contribution in [2.45, 2.75) is 36.9 Å². The average Bonchev–Trinajstić information content (AvgIpc) is 3.30. The molecule has 4 aromatic rings. The minimum atomic E-state index is -0.709. The number of halogens is 1. The number of hydrogen-bond acceptors (Lipinski definition) is 4. The lowest BCUT2D eigenvalue weighted by Gasteiger charge is -2.49. The number of ether oxygens (including phenoxy) is 3. The molecule has 0 amide bonds. The van der Waals surface area contributed by atoms with Crippen LogP contribution in [0.3, 0.4) is 0 Å². The normalized spacial score (nSPS) is 25.6. The van der Waals surface area contributed by atoms with Gasteiger partial charge in [-0.2, -0.15) is 0 Å². The molecule has 4 aromatic carbocycles. The summed E-state index contributed by atoms with van der Waals surface area (Å²) in [7, 11) is 0. The maximum absolute atomic E-state index is 13.8. The fourth-order valence-corrected chi connectivity index (χ4v) is 5.79. The third-order valence-corrected chi connectivity index (χ3v) is 7.74. The van der Waals surface area contributed by atoms with E-state index in [9.17, 15) is 4.39 Å². The third kappa shape index (κ3) is 5.03. The van der Waals surface area contributed by atoms with Crippen molar-refractivity contribution in [3.8, 4) is 0 Å². The van der Waals surface area contributed by atoms with Crippen LogP contribution in [0.4, 0.5) is 4.39 Å². The minimum absolute atomic E-state index is 0.0416. The number of hydrogen-bond donors (Lipinski definition) is 0. The van der Waals surface area contributed by atoms with Gasteiger partial charge in [0, 0.05) is 13.0 Å². The largest absolute Gasteiger partial charge is 0.374 e. The molecule has 3 atom stereocenters. The molecule has 0 bridgehead atoms. The number of benzene rings is 4. The summed E-state index contributed by atoms with van der Waals surface area (Å²) >= 11 is 0. The van der Waals surface area contributed by atoms with Crippen LogP contribution in [-0.2, 0) is 33.0 Å².